The largest absolute Gasteiger partial charge is 0.130 e. The van der Waals surface area contributed by atoms with E-state index in [1.807, 2.05) is 0 Å². The Hall–Kier alpha value is 0.860. The molecule has 16 bridgehead atoms. The van der Waals surface area contributed by atoms with Crippen LogP contribution in [0.3, 0.4) is 0 Å². The Morgan fingerprint density at radius 2 is 0.633 bits per heavy atom. The molecule has 17 fully saturated rings. The molecular formula is C47H72P2. The quantitative estimate of drug-likeness (QED) is 0.242. The summed E-state index contributed by atoms with van der Waals surface area (Å²) < 4.78 is 0. The van der Waals surface area contributed by atoms with Crippen LogP contribution < -0.4 is 0 Å². The van der Waals surface area contributed by atoms with E-state index >= 15 is 0 Å². The minimum Gasteiger partial charge on any atom is -0.130 e. The van der Waals surface area contributed by atoms with Crippen molar-refractivity contribution in [3.8, 4) is 0 Å². The van der Waals surface area contributed by atoms with Gasteiger partial charge in [-0.15, -0.1) is 9.24 Å². The third-order valence-corrected chi connectivity index (χ3v) is 27.6. The van der Waals surface area contributed by atoms with Crippen molar-refractivity contribution in [1.82, 2.24) is 0 Å². The second-order valence-corrected chi connectivity index (χ2v) is 28.6. The molecule has 0 amide bonds. The van der Waals surface area contributed by atoms with Gasteiger partial charge in [-0.3, -0.25) is 0 Å². The van der Waals surface area contributed by atoms with E-state index in [0.29, 0.717) is 16.0 Å². The molecule has 0 aromatic rings. The minimum atomic E-state index is 0.0734. The van der Waals surface area contributed by atoms with Crippen LogP contribution in [0.5, 0.6) is 0 Å². The molecular weight excluding hydrogens is 626 g/mol. The first kappa shape index (κ1) is 31.1. The van der Waals surface area contributed by atoms with Gasteiger partial charge in [-0.25, -0.2) is 0 Å². The van der Waals surface area contributed by atoms with Crippen LogP contribution in [0.4, 0.5) is 0 Å². The van der Waals surface area contributed by atoms with E-state index in [-0.39, 0.29) is 7.92 Å². The third kappa shape index (κ3) is 4.20. The number of hydrogen-bond donors (Lipinski definition) is 0. The lowest BCUT2D eigenvalue weighted by Crippen LogP contribution is -2.70. The lowest BCUT2D eigenvalue weighted by atomic mass is 9.35. The molecule has 49 heavy (non-hydrogen) atoms. The van der Waals surface area contributed by atoms with Crippen LogP contribution in [-0.4, -0.2) is 21.1 Å². The fraction of sp³-hybridized carbons (Fsp3) is 1.00. The van der Waals surface area contributed by atoms with Gasteiger partial charge in [0.05, 0.1) is 0 Å². The molecule has 0 spiro atoms. The molecule has 0 heterocycles. The van der Waals surface area contributed by atoms with E-state index in [9.17, 15) is 0 Å². The highest BCUT2D eigenvalue weighted by Gasteiger charge is 2.73. The van der Waals surface area contributed by atoms with Crippen molar-refractivity contribution >= 4 is 17.2 Å². The van der Waals surface area contributed by atoms with Crippen LogP contribution in [0.15, 0.2) is 0 Å². The topological polar surface area (TPSA) is 0 Å². The highest BCUT2D eigenvalue weighted by molar-refractivity contribution is 7.61. The second-order valence-electron chi connectivity index (χ2n) is 24.4. The Kier molecular flexibility index (Phi) is 6.59. The van der Waals surface area contributed by atoms with E-state index in [1.165, 1.54) is 0 Å². The van der Waals surface area contributed by atoms with Crippen molar-refractivity contribution in [3.63, 3.8) is 0 Å². The van der Waals surface area contributed by atoms with Gasteiger partial charge in [0.25, 0.3) is 0 Å². The van der Waals surface area contributed by atoms with Crippen molar-refractivity contribution in [1.29, 1.82) is 0 Å². The molecule has 17 rings (SSSR count). The SMILES string of the molecule is PC([C@@H]1CCCC[C@@H]1P(C12CC3CC(CC(C3)C1)C2)C12CC3CC(CC(C3)C1)C2)(C12CC3CC(CC(C3)C1)C2)C12CC3CC(CC(C3)C1)C2. The summed E-state index contributed by atoms with van der Waals surface area (Å²) in [5, 5.41) is 2.18. The molecule has 17 saturated carbocycles. The maximum atomic E-state index is 4.22. The summed E-state index contributed by atoms with van der Waals surface area (Å²) in [5.41, 5.74) is 2.50. The highest BCUT2D eigenvalue weighted by atomic mass is 31.1. The van der Waals surface area contributed by atoms with E-state index in [0.717, 1.165) is 92.9 Å². The summed E-state index contributed by atoms with van der Waals surface area (Å²) in [7, 11) is 4.29. The molecule has 270 valence electrons. The lowest BCUT2D eigenvalue weighted by molar-refractivity contribution is -0.172. The zero-order valence-electron chi connectivity index (χ0n) is 31.4. The maximum Gasteiger partial charge on any atom is -0.000315 e. The Morgan fingerprint density at radius 1 is 0.367 bits per heavy atom. The van der Waals surface area contributed by atoms with Gasteiger partial charge in [-0.1, -0.05) is 20.8 Å². The van der Waals surface area contributed by atoms with Gasteiger partial charge in [-0.2, -0.15) is 0 Å². The summed E-state index contributed by atoms with van der Waals surface area (Å²) in [6.07, 6.45) is 46.8. The van der Waals surface area contributed by atoms with Crippen LogP contribution in [-0.2, 0) is 0 Å². The van der Waals surface area contributed by atoms with Gasteiger partial charge < -0.3 is 0 Å². The first-order chi connectivity index (χ1) is 23.8. The molecule has 0 saturated heterocycles. The van der Waals surface area contributed by atoms with E-state index < -0.39 is 0 Å². The van der Waals surface area contributed by atoms with E-state index in [4.69, 9.17) is 0 Å². The van der Waals surface area contributed by atoms with Gasteiger partial charge in [0.15, 0.2) is 0 Å². The summed E-state index contributed by atoms with van der Waals surface area (Å²) in [5.74, 6) is 14.5. The molecule has 1 unspecified atom stereocenters. The lowest BCUT2D eigenvalue weighted by Gasteiger charge is -2.76. The second kappa shape index (κ2) is 10.4. The first-order valence-corrected chi connectivity index (χ1v) is 25.4. The monoisotopic (exact) mass is 699 g/mol. The Balaban J connectivity index is 0.998. The Bertz CT molecular complexity index is 1140. The number of hydrogen-bond acceptors (Lipinski definition) is 0. The molecule has 0 aromatic carbocycles. The van der Waals surface area contributed by atoms with E-state index in [2.05, 4.69) is 9.24 Å². The Morgan fingerprint density at radius 3 is 0.939 bits per heavy atom. The molecule has 0 aliphatic heterocycles. The van der Waals surface area contributed by atoms with E-state index in [1.54, 1.807) is 180 Å². The molecule has 0 aromatic heterocycles. The third-order valence-electron chi connectivity index (χ3n) is 21.5. The van der Waals surface area contributed by atoms with Crippen LogP contribution >= 0.6 is 17.2 Å². The van der Waals surface area contributed by atoms with Gasteiger partial charge in [0.1, 0.15) is 0 Å². The van der Waals surface area contributed by atoms with Crippen molar-refractivity contribution in [3.05, 3.63) is 0 Å². The van der Waals surface area contributed by atoms with Crippen LogP contribution in [0.25, 0.3) is 0 Å². The van der Waals surface area contributed by atoms with Crippen LogP contribution in [0.1, 0.15) is 180 Å². The number of rotatable bonds is 6. The van der Waals surface area contributed by atoms with Gasteiger partial charge in [0.2, 0.25) is 0 Å². The predicted octanol–water partition coefficient (Wildman–Crippen LogP) is 13.0. The van der Waals surface area contributed by atoms with Crippen molar-refractivity contribution in [2.24, 2.45) is 87.8 Å². The average molecular weight is 699 g/mol. The van der Waals surface area contributed by atoms with Gasteiger partial charge in [-0.05, 0) is 276 Å². The van der Waals surface area contributed by atoms with Crippen molar-refractivity contribution < 1.29 is 0 Å². The average Bonchev–Trinajstić information content (AvgIpc) is 3.02. The standard InChI is InChI=1S/C47H72P2/c48-47(43-17-29-5-30(18-43)7-31(6-29)19-43,44-20-32-8-33(21-44)10-34(9-32)22-44)41-3-1-2-4-42(41)49(45-23-35-11-36(24-45)13-37(12-35)25-45)46-26-38-14-39(27-46)16-40(15-38)28-46/h29-42H,1-28,48H2/t29?,30?,31?,32?,33?,34?,35?,36?,37?,38?,39?,40?,41-,42+,43?,44?,45?,46?,47?,49?/m1/s1. The molecule has 3 atom stereocenters. The summed E-state index contributed by atoms with van der Waals surface area (Å²) in [6, 6.07) is 0. The summed E-state index contributed by atoms with van der Waals surface area (Å²) in [4.78, 5) is 0. The highest BCUT2D eigenvalue weighted by Crippen LogP contribution is 2.85. The fourth-order valence-electron chi connectivity index (χ4n) is 22.5. The maximum absolute atomic E-state index is 4.22. The van der Waals surface area contributed by atoms with Gasteiger partial charge in [0, 0.05) is 0 Å². The minimum absolute atomic E-state index is 0.0734. The molecule has 17 aliphatic rings. The fourth-order valence-corrected chi connectivity index (χ4v) is 30.1. The van der Waals surface area contributed by atoms with Crippen molar-refractivity contribution in [2.75, 3.05) is 0 Å². The molecule has 17 aliphatic carbocycles. The first-order valence-electron chi connectivity index (χ1n) is 23.4. The van der Waals surface area contributed by atoms with Crippen LogP contribution in [0, 0.1) is 87.8 Å². The smallest absolute Gasteiger partial charge is 0.000315 e. The molecule has 0 nitrogen and oxygen atoms in total. The summed E-state index contributed by atoms with van der Waals surface area (Å²) >= 11 is 0. The normalized spacial score (nSPS) is 63.4. The van der Waals surface area contributed by atoms with Gasteiger partial charge >= 0.3 is 0 Å². The predicted molar refractivity (Wildman–Crippen MR) is 208 cm³/mol. The zero-order valence-corrected chi connectivity index (χ0v) is 33.5. The van der Waals surface area contributed by atoms with Crippen molar-refractivity contribution in [2.45, 2.75) is 201 Å². The molecule has 2 heteroatoms. The van der Waals surface area contributed by atoms with Crippen LogP contribution in [0.2, 0.25) is 0 Å². The Labute approximate surface area is 304 Å². The molecule has 0 N–H and O–H groups in total. The summed E-state index contributed by atoms with van der Waals surface area (Å²) in [6.45, 7) is 0. The zero-order chi connectivity index (χ0) is 32.0. The molecule has 0 radical (unpaired) electrons.